The van der Waals surface area contributed by atoms with Gasteiger partial charge in [0.25, 0.3) is 0 Å². The number of nitrogens with zero attached hydrogens (tertiary/aromatic N) is 2. The average molecular weight is 829 g/mol. The molecule has 3 heteroatoms. The predicted molar refractivity (Wildman–Crippen MR) is 274 cm³/mol. The third kappa shape index (κ3) is 6.20. The van der Waals surface area contributed by atoms with Crippen LogP contribution in [0.15, 0.2) is 247 Å². The molecule has 0 aliphatic carbocycles. The van der Waals surface area contributed by atoms with Gasteiger partial charge in [0.05, 0.1) is 11.0 Å². The summed E-state index contributed by atoms with van der Waals surface area (Å²) < 4.78 is 8.61. The highest BCUT2D eigenvalue weighted by Crippen LogP contribution is 2.42. The Balaban J connectivity index is 0.876. The van der Waals surface area contributed by atoms with Crippen molar-refractivity contribution in [3.05, 3.63) is 243 Å². The molecule has 0 atom stereocenters. The lowest BCUT2D eigenvalue weighted by molar-refractivity contribution is 0.669. The molecule has 2 heterocycles. The maximum absolute atomic E-state index is 6.24. The zero-order valence-electron chi connectivity index (χ0n) is 35.4. The zero-order valence-corrected chi connectivity index (χ0v) is 35.4. The molecule has 0 spiro atoms. The number of rotatable bonds is 7. The molecule has 304 valence electrons. The Morgan fingerprint density at radius 2 is 0.846 bits per heavy atom. The van der Waals surface area contributed by atoms with Gasteiger partial charge in [-0.1, -0.05) is 164 Å². The Morgan fingerprint density at radius 3 is 1.60 bits per heavy atom. The van der Waals surface area contributed by atoms with E-state index in [2.05, 4.69) is 240 Å². The fourth-order valence-corrected chi connectivity index (χ4v) is 10.1. The SMILES string of the molecule is c1ccc(-c2cccc(N(c3ccc(-c4ccc(-n5c6ccccc6c6ccccc65)cc4)cc3)c3ccc4c(ccc5cc(-c6cccc7oc8ccccc8c67)ccc54)c3)c2)cc1. The first kappa shape index (κ1) is 36.9. The van der Waals surface area contributed by atoms with Gasteiger partial charge in [-0.05, 0) is 134 Å². The Bertz CT molecular complexity index is 3880. The number of furan rings is 1. The van der Waals surface area contributed by atoms with Gasteiger partial charge in [0.15, 0.2) is 0 Å². The zero-order chi connectivity index (χ0) is 42.8. The van der Waals surface area contributed by atoms with Crippen LogP contribution in [0.5, 0.6) is 0 Å². The van der Waals surface area contributed by atoms with Crippen LogP contribution < -0.4 is 4.90 Å². The topological polar surface area (TPSA) is 21.3 Å². The molecule has 13 rings (SSSR count). The smallest absolute Gasteiger partial charge is 0.136 e. The van der Waals surface area contributed by atoms with Crippen molar-refractivity contribution in [2.24, 2.45) is 0 Å². The number of para-hydroxylation sites is 3. The second kappa shape index (κ2) is 15.0. The highest BCUT2D eigenvalue weighted by atomic mass is 16.3. The van der Waals surface area contributed by atoms with Crippen molar-refractivity contribution in [3.63, 3.8) is 0 Å². The third-order valence-corrected chi connectivity index (χ3v) is 13.2. The lowest BCUT2D eigenvalue weighted by atomic mass is 9.95. The van der Waals surface area contributed by atoms with Crippen LogP contribution in [0.25, 0.3) is 104 Å². The molecule has 0 saturated heterocycles. The average Bonchev–Trinajstić information content (AvgIpc) is 3.93. The first-order valence-electron chi connectivity index (χ1n) is 22.2. The summed E-state index contributed by atoms with van der Waals surface area (Å²) in [5.41, 5.74) is 15.8. The van der Waals surface area contributed by atoms with E-state index in [9.17, 15) is 0 Å². The van der Waals surface area contributed by atoms with E-state index in [-0.39, 0.29) is 0 Å². The number of hydrogen-bond acceptors (Lipinski definition) is 2. The van der Waals surface area contributed by atoms with Crippen LogP contribution in [0.2, 0.25) is 0 Å². The second-order valence-electron chi connectivity index (χ2n) is 16.9. The van der Waals surface area contributed by atoms with Crippen molar-refractivity contribution in [1.29, 1.82) is 0 Å². The van der Waals surface area contributed by atoms with Crippen LogP contribution in [0, 0.1) is 0 Å². The fraction of sp³-hybridized carbons (Fsp3) is 0. The summed E-state index contributed by atoms with van der Waals surface area (Å²) in [6.07, 6.45) is 0. The van der Waals surface area contributed by atoms with Crippen LogP contribution in [-0.4, -0.2) is 4.57 Å². The monoisotopic (exact) mass is 828 g/mol. The van der Waals surface area contributed by atoms with Crippen molar-refractivity contribution in [2.75, 3.05) is 4.90 Å². The Hall–Kier alpha value is -8.66. The summed E-state index contributed by atoms with van der Waals surface area (Å²) >= 11 is 0. The first-order valence-corrected chi connectivity index (χ1v) is 22.2. The van der Waals surface area contributed by atoms with E-state index >= 15 is 0 Å². The molecule has 3 nitrogen and oxygen atoms in total. The number of benzene rings is 11. The number of anilines is 3. The van der Waals surface area contributed by atoms with Crippen LogP contribution >= 0.6 is 0 Å². The van der Waals surface area contributed by atoms with E-state index in [0.29, 0.717) is 0 Å². The summed E-state index contributed by atoms with van der Waals surface area (Å²) in [6.45, 7) is 0. The highest BCUT2D eigenvalue weighted by Gasteiger charge is 2.18. The van der Waals surface area contributed by atoms with Crippen molar-refractivity contribution in [3.8, 4) is 39.1 Å². The summed E-state index contributed by atoms with van der Waals surface area (Å²) in [6, 6.07) is 87.7. The third-order valence-electron chi connectivity index (χ3n) is 13.2. The van der Waals surface area contributed by atoms with Gasteiger partial charge in [-0.2, -0.15) is 0 Å². The van der Waals surface area contributed by atoms with E-state index in [1.807, 2.05) is 12.1 Å². The van der Waals surface area contributed by atoms with Crippen LogP contribution in [-0.2, 0) is 0 Å². The van der Waals surface area contributed by atoms with Gasteiger partial charge in [0.2, 0.25) is 0 Å². The fourth-order valence-electron chi connectivity index (χ4n) is 10.1. The van der Waals surface area contributed by atoms with Gasteiger partial charge >= 0.3 is 0 Å². The molecule has 0 N–H and O–H groups in total. The molecule has 0 aliphatic rings. The Kier molecular flexibility index (Phi) is 8.53. The predicted octanol–water partition coefficient (Wildman–Crippen LogP) is 17.5. The molecule has 2 aromatic heterocycles. The minimum atomic E-state index is 0.911. The molecule has 0 fully saturated rings. The summed E-state index contributed by atoms with van der Waals surface area (Å²) in [5, 5.41) is 9.69. The number of fused-ring (bicyclic) bond motifs is 9. The molecule has 0 saturated carbocycles. The van der Waals surface area contributed by atoms with E-state index in [4.69, 9.17) is 4.42 Å². The van der Waals surface area contributed by atoms with Crippen LogP contribution in [0.1, 0.15) is 0 Å². The molecule has 0 amide bonds. The van der Waals surface area contributed by atoms with E-state index < -0.39 is 0 Å². The molecule has 0 radical (unpaired) electrons. The van der Waals surface area contributed by atoms with E-state index in [1.54, 1.807) is 0 Å². The van der Waals surface area contributed by atoms with Gasteiger partial charge in [-0.3, -0.25) is 0 Å². The molecule has 13 aromatic rings. The lowest BCUT2D eigenvalue weighted by Gasteiger charge is -2.27. The van der Waals surface area contributed by atoms with Gasteiger partial charge in [-0.15, -0.1) is 0 Å². The summed E-state index contributed by atoms with van der Waals surface area (Å²) in [4.78, 5) is 2.38. The lowest BCUT2D eigenvalue weighted by Crippen LogP contribution is -2.10. The van der Waals surface area contributed by atoms with E-state index in [1.165, 1.54) is 76.7 Å². The largest absolute Gasteiger partial charge is 0.456 e. The van der Waals surface area contributed by atoms with Crippen LogP contribution in [0.4, 0.5) is 17.1 Å². The molecule has 11 aromatic carbocycles. The quantitative estimate of drug-likeness (QED) is 0.149. The first-order chi connectivity index (χ1) is 32.2. The molecular weight excluding hydrogens is 789 g/mol. The number of aromatic nitrogens is 1. The van der Waals surface area contributed by atoms with Gasteiger partial charge < -0.3 is 13.9 Å². The maximum atomic E-state index is 6.24. The van der Waals surface area contributed by atoms with Crippen LogP contribution in [0.3, 0.4) is 0 Å². The maximum Gasteiger partial charge on any atom is 0.136 e. The van der Waals surface area contributed by atoms with Crippen molar-refractivity contribution in [1.82, 2.24) is 4.57 Å². The number of hydrogen-bond donors (Lipinski definition) is 0. The molecule has 65 heavy (non-hydrogen) atoms. The minimum absolute atomic E-state index is 0.911. The van der Waals surface area contributed by atoms with Crippen molar-refractivity contribution in [2.45, 2.75) is 0 Å². The van der Waals surface area contributed by atoms with Gasteiger partial charge in [0.1, 0.15) is 11.2 Å². The Morgan fingerprint density at radius 1 is 0.308 bits per heavy atom. The molecule has 0 unspecified atom stereocenters. The standard InChI is InChI=1S/C62H40N2O/c1-2-12-41(13-3-1)44-14-10-15-50(39-44)63(48-31-26-42(27-32-48)43-28-33-49(34-29-43)64-58-20-7-4-16-55(58)56-17-5-8-21-59(56)64)51-35-37-53-47(40-51)25-24-45-38-46(30-36-52(45)53)54-19-11-23-61-62(54)57-18-6-9-22-60(57)65-61/h1-40H. The molecular formula is C62H40N2O. The van der Waals surface area contributed by atoms with Gasteiger partial charge in [-0.25, -0.2) is 0 Å². The van der Waals surface area contributed by atoms with Crippen molar-refractivity contribution < 1.29 is 4.42 Å². The summed E-state index contributed by atoms with van der Waals surface area (Å²) in [5.74, 6) is 0. The van der Waals surface area contributed by atoms with Crippen molar-refractivity contribution >= 4 is 82.4 Å². The summed E-state index contributed by atoms with van der Waals surface area (Å²) in [7, 11) is 0. The second-order valence-corrected chi connectivity index (χ2v) is 16.9. The van der Waals surface area contributed by atoms with Gasteiger partial charge in [0, 0.05) is 44.3 Å². The Labute approximate surface area is 376 Å². The molecule has 0 bridgehead atoms. The minimum Gasteiger partial charge on any atom is -0.456 e. The normalized spacial score (nSPS) is 11.7. The van der Waals surface area contributed by atoms with E-state index in [0.717, 1.165) is 44.7 Å². The highest BCUT2D eigenvalue weighted by molar-refractivity contribution is 6.15. The molecule has 0 aliphatic heterocycles.